The summed E-state index contributed by atoms with van der Waals surface area (Å²) >= 11 is 0. The summed E-state index contributed by atoms with van der Waals surface area (Å²) < 4.78 is 1.66. The summed E-state index contributed by atoms with van der Waals surface area (Å²) in [4.78, 5) is 32.8. The Labute approximate surface area is 155 Å². The fourth-order valence-electron chi connectivity index (χ4n) is 3.39. The Morgan fingerprint density at radius 1 is 1.26 bits per heavy atom. The van der Waals surface area contributed by atoms with E-state index in [1.165, 1.54) is 6.20 Å². The van der Waals surface area contributed by atoms with Gasteiger partial charge in [-0.25, -0.2) is 4.68 Å². The number of benzene rings is 1. The molecule has 1 aliphatic heterocycles. The van der Waals surface area contributed by atoms with Crippen LogP contribution in [0.1, 0.15) is 12.8 Å². The maximum absolute atomic E-state index is 12.4. The van der Waals surface area contributed by atoms with E-state index in [0.29, 0.717) is 17.0 Å². The van der Waals surface area contributed by atoms with Gasteiger partial charge in [-0.2, -0.15) is 10.1 Å². The summed E-state index contributed by atoms with van der Waals surface area (Å²) in [5, 5.41) is 8.06. The Balaban J connectivity index is 1.55. The van der Waals surface area contributed by atoms with Crippen LogP contribution < -0.4 is 16.6 Å². The summed E-state index contributed by atoms with van der Waals surface area (Å²) in [6.45, 7) is 1.83. The van der Waals surface area contributed by atoms with Gasteiger partial charge in [0.25, 0.3) is 5.56 Å². The first-order valence-corrected chi connectivity index (χ1v) is 8.91. The second kappa shape index (κ2) is 7.20. The molecule has 27 heavy (non-hydrogen) atoms. The molecule has 3 aromatic rings. The lowest BCUT2D eigenvalue weighted by Crippen LogP contribution is -2.43. The Kier molecular flexibility index (Phi) is 4.59. The minimum Gasteiger partial charge on any atom is -0.369 e. The number of nitrogens with zero attached hydrogens (tertiary/aromatic N) is 4. The summed E-state index contributed by atoms with van der Waals surface area (Å²) in [5.41, 5.74) is 6.38. The second-order valence-corrected chi connectivity index (χ2v) is 6.70. The van der Waals surface area contributed by atoms with Crippen molar-refractivity contribution in [2.24, 2.45) is 5.73 Å². The van der Waals surface area contributed by atoms with Crippen LogP contribution >= 0.6 is 0 Å². The third kappa shape index (κ3) is 3.68. The molecule has 2 aromatic heterocycles. The van der Waals surface area contributed by atoms with E-state index in [-0.39, 0.29) is 24.1 Å². The number of carbonyl (C=O) groups is 1. The lowest BCUT2D eigenvalue weighted by molar-refractivity contribution is -0.119. The van der Waals surface area contributed by atoms with E-state index in [0.717, 1.165) is 31.6 Å². The number of primary amides is 1. The van der Waals surface area contributed by atoms with Gasteiger partial charge in [0.2, 0.25) is 11.9 Å². The van der Waals surface area contributed by atoms with Gasteiger partial charge in [-0.3, -0.25) is 19.5 Å². The van der Waals surface area contributed by atoms with Crippen LogP contribution in [0, 0.1) is 0 Å². The molecule has 140 valence electrons. The van der Waals surface area contributed by atoms with Crippen molar-refractivity contribution >= 4 is 22.9 Å². The molecule has 1 saturated heterocycles. The van der Waals surface area contributed by atoms with E-state index in [2.05, 4.69) is 20.4 Å². The number of rotatable bonds is 5. The zero-order chi connectivity index (χ0) is 18.8. The average Bonchev–Trinajstić information content (AvgIpc) is 3.08. The molecule has 1 aliphatic rings. The first-order valence-electron chi connectivity index (χ1n) is 8.91. The van der Waals surface area contributed by atoms with Crippen molar-refractivity contribution in [2.75, 3.05) is 25.0 Å². The van der Waals surface area contributed by atoms with Crippen LogP contribution in [0.5, 0.6) is 0 Å². The number of piperidine rings is 1. The summed E-state index contributed by atoms with van der Waals surface area (Å²) in [6.07, 6.45) is 3.21. The highest BCUT2D eigenvalue weighted by molar-refractivity contribution is 5.76. The molecule has 4 N–H and O–H groups in total. The Morgan fingerprint density at radius 2 is 2.00 bits per heavy atom. The molecule has 1 aromatic carbocycles. The van der Waals surface area contributed by atoms with Crippen LogP contribution in [-0.4, -0.2) is 56.2 Å². The summed E-state index contributed by atoms with van der Waals surface area (Å²) in [5.74, 6) is 0.116. The van der Waals surface area contributed by atoms with E-state index < -0.39 is 0 Å². The van der Waals surface area contributed by atoms with Crippen molar-refractivity contribution in [3.8, 4) is 5.69 Å². The number of carbonyl (C=O) groups excluding carboxylic acids is 1. The van der Waals surface area contributed by atoms with Gasteiger partial charge < -0.3 is 11.1 Å². The standard InChI is InChI=1S/C18H21N7O2/c19-15(26)11-24-8-6-12(7-9-24)21-18-22-16-14(17(27)23-18)10-20-25(16)13-4-2-1-3-5-13/h1-5,10,12H,6-9,11H2,(H2,19,26)(H2,21,22,23,27). The fourth-order valence-corrected chi connectivity index (χ4v) is 3.39. The van der Waals surface area contributed by atoms with Crippen molar-refractivity contribution in [3.05, 3.63) is 46.9 Å². The van der Waals surface area contributed by atoms with Crippen molar-refractivity contribution in [1.82, 2.24) is 24.6 Å². The highest BCUT2D eigenvalue weighted by atomic mass is 16.1. The second-order valence-electron chi connectivity index (χ2n) is 6.70. The average molecular weight is 367 g/mol. The number of nitrogens with two attached hydrogens (primary N) is 1. The highest BCUT2D eigenvalue weighted by Gasteiger charge is 2.21. The third-order valence-corrected chi connectivity index (χ3v) is 4.75. The molecule has 1 fully saturated rings. The normalized spacial score (nSPS) is 15.9. The number of anilines is 1. The van der Waals surface area contributed by atoms with Crippen molar-refractivity contribution in [3.63, 3.8) is 0 Å². The monoisotopic (exact) mass is 367 g/mol. The van der Waals surface area contributed by atoms with Crippen molar-refractivity contribution in [1.29, 1.82) is 0 Å². The van der Waals surface area contributed by atoms with Crippen molar-refractivity contribution < 1.29 is 4.79 Å². The molecule has 0 aliphatic carbocycles. The van der Waals surface area contributed by atoms with Gasteiger partial charge in [0, 0.05) is 19.1 Å². The van der Waals surface area contributed by atoms with Gasteiger partial charge in [0.05, 0.1) is 18.4 Å². The minimum absolute atomic E-state index is 0.169. The molecule has 0 atom stereocenters. The van der Waals surface area contributed by atoms with Gasteiger partial charge in [0.1, 0.15) is 5.39 Å². The van der Waals surface area contributed by atoms with Crippen LogP contribution in [0.4, 0.5) is 5.95 Å². The molecule has 0 saturated carbocycles. The topological polar surface area (TPSA) is 122 Å². The molecule has 0 radical (unpaired) electrons. The van der Waals surface area contributed by atoms with Crippen molar-refractivity contribution in [2.45, 2.75) is 18.9 Å². The predicted octanol–water partition coefficient (Wildman–Crippen LogP) is 0.470. The number of nitrogens with one attached hydrogen (secondary N) is 2. The van der Waals surface area contributed by atoms with Crippen LogP contribution in [0.2, 0.25) is 0 Å². The zero-order valence-corrected chi connectivity index (χ0v) is 14.8. The first kappa shape index (κ1) is 17.2. The van der Waals surface area contributed by atoms with Crippen LogP contribution in [-0.2, 0) is 4.79 Å². The molecule has 0 unspecified atom stereocenters. The number of hydrogen-bond donors (Lipinski definition) is 3. The molecule has 9 nitrogen and oxygen atoms in total. The maximum atomic E-state index is 12.4. The number of aromatic nitrogens is 4. The van der Waals surface area contributed by atoms with E-state index in [1.807, 2.05) is 35.2 Å². The largest absolute Gasteiger partial charge is 0.369 e. The number of aromatic amines is 1. The van der Waals surface area contributed by atoms with Crippen LogP contribution in [0.15, 0.2) is 41.3 Å². The van der Waals surface area contributed by atoms with Crippen LogP contribution in [0.3, 0.4) is 0 Å². The molecule has 0 bridgehead atoms. The van der Waals surface area contributed by atoms with E-state index in [4.69, 9.17) is 5.73 Å². The maximum Gasteiger partial charge on any atom is 0.263 e. The molecule has 3 heterocycles. The van der Waals surface area contributed by atoms with Crippen LogP contribution in [0.25, 0.3) is 16.7 Å². The molecule has 4 rings (SSSR count). The summed E-state index contributed by atoms with van der Waals surface area (Å²) in [6, 6.07) is 9.74. The van der Waals surface area contributed by atoms with E-state index >= 15 is 0 Å². The van der Waals surface area contributed by atoms with Gasteiger partial charge in [-0.15, -0.1) is 0 Å². The van der Waals surface area contributed by atoms with Gasteiger partial charge >= 0.3 is 0 Å². The Hall–Kier alpha value is -3.20. The number of H-pyrrole nitrogens is 1. The Morgan fingerprint density at radius 3 is 2.70 bits per heavy atom. The molecule has 9 heteroatoms. The van der Waals surface area contributed by atoms with E-state index in [1.54, 1.807) is 4.68 Å². The lowest BCUT2D eigenvalue weighted by Gasteiger charge is -2.31. The Bertz CT molecular complexity index is 1000. The fraction of sp³-hybridized carbons (Fsp3) is 0.333. The number of fused-ring (bicyclic) bond motifs is 1. The quantitative estimate of drug-likeness (QED) is 0.603. The number of amides is 1. The first-order chi connectivity index (χ1) is 13.1. The summed E-state index contributed by atoms with van der Waals surface area (Å²) in [7, 11) is 0. The molecular formula is C18H21N7O2. The smallest absolute Gasteiger partial charge is 0.263 e. The van der Waals surface area contributed by atoms with Gasteiger partial charge in [0.15, 0.2) is 5.65 Å². The van der Waals surface area contributed by atoms with Gasteiger partial charge in [-0.1, -0.05) is 18.2 Å². The number of hydrogen-bond acceptors (Lipinski definition) is 6. The highest BCUT2D eigenvalue weighted by Crippen LogP contribution is 2.17. The molecular weight excluding hydrogens is 346 g/mol. The lowest BCUT2D eigenvalue weighted by atomic mass is 10.1. The number of likely N-dealkylation sites (tertiary alicyclic amines) is 1. The third-order valence-electron chi connectivity index (χ3n) is 4.75. The molecule has 1 amide bonds. The SMILES string of the molecule is NC(=O)CN1CCC(Nc2nc3c(cnn3-c3ccccc3)c(=O)[nH]2)CC1. The number of para-hydroxylation sites is 1. The minimum atomic E-state index is -0.313. The molecule has 0 spiro atoms. The van der Waals surface area contributed by atoms with Gasteiger partial charge in [-0.05, 0) is 25.0 Å². The predicted molar refractivity (Wildman–Crippen MR) is 102 cm³/mol. The zero-order valence-electron chi connectivity index (χ0n) is 14.8. The van der Waals surface area contributed by atoms with E-state index in [9.17, 15) is 9.59 Å².